The van der Waals surface area contributed by atoms with Crippen LogP contribution in [0.5, 0.6) is 0 Å². The molecule has 0 bridgehead atoms. The molecule has 0 unspecified atom stereocenters. The predicted octanol–water partition coefficient (Wildman–Crippen LogP) is 3.21. The van der Waals surface area contributed by atoms with Gasteiger partial charge in [-0.3, -0.25) is 0 Å². The minimum absolute atomic E-state index is 0.685. The van der Waals surface area contributed by atoms with E-state index in [9.17, 15) is 0 Å². The number of hydrogen-bond donors (Lipinski definition) is 1. The van der Waals surface area contributed by atoms with Gasteiger partial charge in [-0.1, -0.05) is 0 Å². The molecule has 2 heteroatoms. The first-order chi connectivity index (χ1) is 7.36. The van der Waals surface area contributed by atoms with Gasteiger partial charge in [0.2, 0.25) is 0 Å². The van der Waals surface area contributed by atoms with E-state index in [0.717, 1.165) is 6.04 Å². The van der Waals surface area contributed by atoms with Gasteiger partial charge in [0.15, 0.2) is 0 Å². The van der Waals surface area contributed by atoms with Crippen LogP contribution in [0.3, 0.4) is 0 Å². The lowest BCUT2D eigenvalue weighted by Gasteiger charge is -2.15. The summed E-state index contributed by atoms with van der Waals surface area (Å²) in [4.78, 5) is 0. The number of aryl methyl sites for hydroxylation is 1. The first-order valence-corrected chi connectivity index (χ1v) is 7.05. The van der Waals surface area contributed by atoms with Crippen molar-refractivity contribution in [2.75, 3.05) is 6.54 Å². The Morgan fingerprint density at radius 1 is 1.40 bits per heavy atom. The van der Waals surface area contributed by atoms with Gasteiger partial charge < -0.3 is 5.32 Å². The minimum atomic E-state index is 0.685. The quantitative estimate of drug-likeness (QED) is 0.778. The normalized spacial score (nSPS) is 22.9. The van der Waals surface area contributed by atoms with Crippen LogP contribution in [0.25, 0.3) is 0 Å². The summed E-state index contributed by atoms with van der Waals surface area (Å²) < 4.78 is 0. The standard InChI is InChI=1S/C13H19NS/c1-2-12(1)14-10-13(6-7-13)5-3-11-4-8-15-9-11/h4,8-9,12,14H,1-3,5-7,10H2. The summed E-state index contributed by atoms with van der Waals surface area (Å²) >= 11 is 1.82. The van der Waals surface area contributed by atoms with Crippen molar-refractivity contribution < 1.29 is 0 Å². The second-order valence-corrected chi connectivity index (χ2v) is 6.07. The molecule has 1 aromatic heterocycles. The summed E-state index contributed by atoms with van der Waals surface area (Å²) in [5, 5.41) is 8.18. The van der Waals surface area contributed by atoms with Crippen molar-refractivity contribution >= 4 is 11.3 Å². The van der Waals surface area contributed by atoms with Gasteiger partial charge in [-0.25, -0.2) is 0 Å². The van der Waals surface area contributed by atoms with Crippen molar-refractivity contribution in [2.24, 2.45) is 5.41 Å². The van der Waals surface area contributed by atoms with Crippen LogP contribution in [-0.4, -0.2) is 12.6 Å². The Morgan fingerprint density at radius 2 is 2.27 bits per heavy atom. The number of nitrogens with one attached hydrogen (secondary N) is 1. The molecule has 3 rings (SSSR count). The Balaban J connectivity index is 1.45. The lowest BCUT2D eigenvalue weighted by molar-refractivity contribution is 0.425. The molecule has 2 saturated carbocycles. The highest BCUT2D eigenvalue weighted by Crippen LogP contribution is 2.49. The zero-order valence-electron chi connectivity index (χ0n) is 9.17. The topological polar surface area (TPSA) is 12.0 Å². The van der Waals surface area contributed by atoms with E-state index in [-0.39, 0.29) is 0 Å². The van der Waals surface area contributed by atoms with Crippen LogP contribution in [0.4, 0.5) is 0 Å². The average molecular weight is 221 g/mol. The Morgan fingerprint density at radius 3 is 2.87 bits per heavy atom. The Bertz CT molecular complexity index is 309. The van der Waals surface area contributed by atoms with Crippen LogP contribution in [0.2, 0.25) is 0 Å². The van der Waals surface area contributed by atoms with E-state index in [1.807, 2.05) is 11.3 Å². The van der Waals surface area contributed by atoms with Crippen molar-refractivity contribution in [3.63, 3.8) is 0 Å². The summed E-state index contributed by atoms with van der Waals surface area (Å²) in [6.45, 7) is 1.28. The molecule has 1 nitrogen and oxygen atoms in total. The van der Waals surface area contributed by atoms with Crippen LogP contribution >= 0.6 is 11.3 Å². The minimum Gasteiger partial charge on any atom is -0.313 e. The van der Waals surface area contributed by atoms with Gasteiger partial charge in [0.25, 0.3) is 0 Å². The van der Waals surface area contributed by atoms with Gasteiger partial charge in [0.1, 0.15) is 0 Å². The van der Waals surface area contributed by atoms with Crippen molar-refractivity contribution in [1.29, 1.82) is 0 Å². The third-order valence-corrected chi connectivity index (χ3v) is 4.56. The number of rotatable bonds is 6. The van der Waals surface area contributed by atoms with Gasteiger partial charge in [-0.05, 0) is 66.3 Å². The third-order valence-electron chi connectivity index (χ3n) is 3.82. The van der Waals surface area contributed by atoms with Crippen LogP contribution in [-0.2, 0) is 6.42 Å². The second-order valence-electron chi connectivity index (χ2n) is 5.29. The number of thiophene rings is 1. The summed E-state index contributed by atoms with van der Waals surface area (Å²) in [5.74, 6) is 0. The fraction of sp³-hybridized carbons (Fsp3) is 0.692. The molecule has 82 valence electrons. The molecular formula is C13H19NS. The molecule has 1 N–H and O–H groups in total. The highest BCUT2D eigenvalue weighted by atomic mass is 32.1. The average Bonchev–Trinajstić information content (AvgIpc) is 3.15. The fourth-order valence-corrected chi connectivity index (χ4v) is 2.89. The maximum Gasteiger partial charge on any atom is 0.00684 e. The molecule has 0 atom stereocenters. The van der Waals surface area contributed by atoms with E-state index in [2.05, 4.69) is 22.1 Å². The van der Waals surface area contributed by atoms with E-state index >= 15 is 0 Å². The highest BCUT2D eigenvalue weighted by Gasteiger charge is 2.42. The molecule has 0 amide bonds. The van der Waals surface area contributed by atoms with Gasteiger partial charge >= 0.3 is 0 Å². The van der Waals surface area contributed by atoms with Crippen molar-refractivity contribution in [3.05, 3.63) is 22.4 Å². The summed E-state index contributed by atoms with van der Waals surface area (Å²) in [6.07, 6.45) is 8.42. The van der Waals surface area contributed by atoms with E-state index in [0.29, 0.717) is 5.41 Å². The molecule has 0 spiro atoms. The Kier molecular flexibility index (Phi) is 2.57. The molecule has 1 aromatic rings. The fourth-order valence-electron chi connectivity index (χ4n) is 2.18. The lowest BCUT2D eigenvalue weighted by Crippen LogP contribution is -2.26. The van der Waals surface area contributed by atoms with Gasteiger partial charge in [-0.2, -0.15) is 11.3 Å². The van der Waals surface area contributed by atoms with Gasteiger partial charge in [0.05, 0.1) is 0 Å². The Hall–Kier alpha value is -0.340. The number of hydrogen-bond acceptors (Lipinski definition) is 2. The van der Waals surface area contributed by atoms with Crippen molar-refractivity contribution in [2.45, 2.75) is 44.6 Å². The molecule has 0 radical (unpaired) electrons. The van der Waals surface area contributed by atoms with Crippen LogP contribution in [0.15, 0.2) is 16.8 Å². The largest absolute Gasteiger partial charge is 0.313 e. The summed E-state index contributed by atoms with van der Waals surface area (Å²) in [5.41, 5.74) is 2.22. The summed E-state index contributed by atoms with van der Waals surface area (Å²) in [6, 6.07) is 3.15. The van der Waals surface area contributed by atoms with Crippen LogP contribution < -0.4 is 5.32 Å². The van der Waals surface area contributed by atoms with E-state index in [4.69, 9.17) is 0 Å². The van der Waals surface area contributed by atoms with E-state index in [1.54, 1.807) is 0 Å². The maximum atomic E-state index is 3.69. The molecule has 0 saturated heterocycles. The second kappa shape index (κ2) is 3.91. The van der Waals surface area contributed by atoms with Crippen LogP contribution in [0, 0.1) is 5.41 Å². The maximum absolute atomic E-state index is 3.69. The molecule has 2 aliphatic carbocycles. The zero-order valence-corrected chi connectivity index (χ0v) is 9.98. The smallest absolute Gasteiger partial charge is 0.00684 e. The van der Waals surface area contributed by atoms with Gasteiger partial charge in [-0.15, -0.1) is 0 Å². The monoisotopic (exact) mass is 221 g/mol. The highest BCUT2D eigenvalue weighted by molar-refractivity contribution is 7.07. The molecular weight excluding hydrogens is 202 g/mol. The van der Waals surface area contributed by atoms with Crippen molar-refractivity contribution in [3.8, 4) is 0 Å². The third kappa shape index (κ3) is 2.61. The molecule has 2 aliphatic rings. The van der Waals surface area contributed by atoms with E-state index in [1.165, 1.54) is 50.6 Å². The predicted molar refractivity (Wildman–Crippen MR) is 65.3 cm³/mol. The first-order valence-electron chi connectivity index (χ1n) is 6.11. The molecule has 2 fully saturated rings. The zero-order chi connectivity index (χ0) is 10.1. The van der Waals surface area contributed by atoms with Crippen LogP contribution in [0.1, 0.15) is 37.7 Å². The Labute approximate surface area is 95.9 Å². The lowest BCUT2D eigenvalue weighted by atomic mass is 9.98. The molecule has 1 heterocycles. The van der Waals surface area contributed by atoms with Crippen molar-refractivity contribution in [1.82, 2.24) is 5.32 Å². The van der Waals surface area contributed by atoms with E-state index < -0.39 is 0 Å². The summed E-state index contributed by atoms with van der Waals surface area (Å²) in [7, 11) is 0. The molecule has 0 aromatic carbocycles. The molecule has 0 aliphatic heterocycles. The van der Waals surface area contributed by atoms with Gasteiger partial charge in [0, 0.05) is 12.6 Å². The first kappa shape index (κ1) is 9.86. The molecule has 15 heavy (non-hydrogen) atoms. The SMILES string of the molecule is c1cc(CCC2(CNC3CC3)CC2)cs1.